The lowest BCUT2D eigenvalue weighted by Gasteiger charge is -2.12. The quantitative estimate of drug-likeness (QED) is 0.763. The van der Waals surface area contributed by atoms with Crippen LogP contribution in [0.25, 0.3) is 0 Å². The van der Waals surface area contributed by atoms with Gasteiger partial charge in [-0.15, -0.1) is 5.10 Å². The van der Waals surface area contributed by atoms with E-state index in [-0.39, 0.29) is 0 Å². The van der Waals surface area contributed by atoms with E-state index in [2.05, 4.69) is 34.7 Å². The molecule has 0 amide bonds. The molecule has 84 valence electrons. The van der Waals surface area contributed by atoms with Crippen LogP contribution in [0.1, 0.15) is 45.0 Å². The normalized spacial score (nSPS) is 18.0. The van der Waals surface area contributed by atoms with Gasteiger partial charge in [0.15, 0.2) is 5.82 Å². The van der Waals surface area contributed by atoms with E-state index in [1.165, 1.54) is 19.3 Å². The highest BCUT2D eigenvalue weighted by atomic mass is 15.6. The number of nitrogens with zero attached hydrogens (tertiary/aromatic N) is 4. The molecule has 1 atom stereocenters. The molecule has 1 N–H and O–H groups in total. The first-order valence-corrected chi connectivity index (χ1v) is 5.78. The fourth-order valence-electron chi connectivity index (χ4n) is 1.84. The molecule has 1 aromatic rings. The number of rotatable bonds is 6. The molecule has 1 aromatic heterocycles. The van der Waals surface area contributed by atoms with Crippen molar-refractivity contribution in [2.24, 2.45) is 5.92 Å². The zero-order valence-corrected chi connectivity index (χ0v) is 9.48. The van der Waals surface area contributed by atoms with E-state index in [1.54, 1.807) is 0 Å². The topological polar surface area (TPSA) is 55.6 Å². The van der Waals surface area contributed by atoms with E-state index in [4.69, 9.17) is 0 Å². The molecule has 1 aliphatic carbocycles. The molecule has 0 bridgehead atoms. The van der Waals surface area contributed by atoms with Gasteiger partial charge in [0, 0.05) is 0 Å². The van der Waals surface area contributed by atoms with Crippen molar-refractivity contribution < 1.29 is 0 Å². The maximum atomic E-state index is 4.07. The van der Waals surface area contributed by atoms with Crippen molar-refractivity contribution in [3.8, 4) is 0 Å². The standard InChI is InChI=1S/C10H19N5/c1-3-11-7-10-12-13-14-15(10)8(2)6-9-4-5-9/h8-9,11H,3-7H2,1-2H3. The summed E-state index contributed by atoms with van der Waals surface area (Å²) < 4.78 is 1.96. The molecule has 1 heterocycles. The van der Waals surface area contributed by atoms with Crippen LogP contribution in [-0.4, -0.2) is 26.8 Å². The van der Waals surface area contributed by atoms with E-state index in [1.807, 2.05) is 4.68 Å². The molecule has 5 heteroatoms. The van der Waals surface area contributed by atoms with Gasteiger partial charge >= 0.3 is 0 Å². The first-order chi connectivity index (χ1) is 7.31. The molecule has 2 rings (SSSR count). The van der Waals surface area contributed by atoms with Gasteiger partial charge in [-0.3, -0.25) is 0 Å². The summed E-state index contributed by atoms with van der Waals surface area (Å²) in [5.41, 5.74) is 0. The predicted octanol–water partition coefficient (Wildman–Crippen LogP) is 1.14. The molecule has 0 radical (unpaired) electrons. The minimum atomic E-state index is 0.432. The summed E-state index contributed by atoms with van der Waals surface area (Å²) >= 11 is 0. The Morgan fingerprint density at radius 1 is 1.53 bits per heavy atom. The first-order valence-electron chi connectivity index (χ1n) is 5.78. The molecular weight excluding hydrogens is 190 g/mol. The van der Waals surface area contributed by atoms with Crippen LogP contribution in [0, 0.1) is 5.92 Å². The molecule has 1 aliphatic rings. The maximum Gasteiger partial charge on any atom is 0.165 e. The second-order valence-corrected chi connectivity index (χ2v) is 4.35. The van der Waals surface area contributed by atoms with E-state index >= 15 is 0 Å². The molecular formula is C10H19N5. The van der Waals surface area contributed by atoms with Crippen LogP contribution in [0.2, 0.25) is 0 Å². The Labute approximate surface area is 90.2 Å². The van der Waals surface area contributed by atoms with Crippen LogP contribution in [0.15, 0.2) is 0 Å². The summed E-state index contributed by atoms with van der Waals surface area (Å²) in [7, 11) is 0. The van der Waals surface area contributed by atoms with E-state index < -0.39 is 0 Å². The van der Waals surface area contributed by atoms with Crippen LogP contribution in [0.4, 0.5) is 0 Å². The predicted molar refractivity (Wildman–Crippen MR) is 57.2 cm³/mol. The Morgan fingerprint density at radius 2 is 2.33 bits per heavy atom. The lowest BCUT2D eigenvalue weighted by atomic mass is 10.1. The molecule has 15 heavy (non-hydrogen) atoms. The van der Waals surface area contributed by atoms with Gasteiger partial charge in [-0.2, -0.15) is 0 Å². The number of aromatic nitrogens is 4. The first kappa shape index (κ1) is 10.5. The molecule has 0 spiro atoms. The van der Waals surface area contributed by atoms with Crippen LogP contribution >= 0.6 is 0 Å². The van der Waals surface area contributed by atoms with E-state index in [0.29, 0.717) is 6.04 Å². The highest BCUT2D eigenvalue weighted by molar-refractivity contribution is 4.85. The third kappa shape index (κ3) is 2.75. The van der Waals surface area contributed by atoms with Crippen LogP contribution in [0.3, 0.4) is 0 Å². The second kappa shape index (κ2) is 4.70. The summed E-state index contributed by atoms with van der Waals surface area (Å²) in [5.74, 6) is 1.86. The highest BCUT2D eigenvalue weighted by Crippen LogP contribution is 2.36. The fraction of sp³-hybridized carbons (Fsp3) is 0.900. The summed E-state index contributed by atoms with van der Waals surface area (Å²) in [6, 6.07) is 0.432. The van der Waals surface area contributed by atoms with Gasteiger partial charge in [0.1, 0.15) is 0 Å². The molecule has 1 saturated carbocycles. The zero-order chi connectivity index (χ0) is 10.7. The number of hydrogen-bond acceptors (Lipinski definition) is 4. The molecule has 5 nitrogen and oxygen atoms in total. The number of nitrogens with one attached hydrogen (secondary N) is 1. The molecule has 1 unspecified atom stereocenters. The summed E-state index contributed by atoms with van der Waals surface area (Å²) in [6.45, 7) is 5.99. The molecule has 0 saturated heterocycles. The smallest absolute Gasteiger partial charge is 0.165 e. The molecule has 0 aromatic carbocycles. The third-order valence-electron chi connectivity index (χ3n) is 2.88. The summed E-state index contributed by atoms with van der Waals surface area (Å²) in [5, 5.41) is 15.1. The van der Waals surface area contributed by atoms with Gasteiger partial charge in [-0.1, -0.05) is 19.8 Å². The number of tetrazole rings is 1. The zero-order valence-electron chi connectivity index (χ0n) is 9.48. The monoisotopic (exact) mass is 209 g/mol. The Morgan fingerprint density at radius 3 is 3.00 bits per heavy atom. The second-order valence-electron chi connectivity index (χ2n) is 4.35. The Kier molecular flexibility index (Phi) is 3.30. The van der Waals surface area contributed by atoms with E-state index in [9.17, 15) is 0 Å². The van der Waals surface area contributed by atoms with Gasteiger partial charge in [0.05, 0.1) is 12.6 Å². The van der Waals surface area contributed by atoms with Crippen LogP contribution < -0.4 is 5.32 Å². The van der Waals surface area contributed by atoms with Gasteiger partial charge in [-0.25, -0.2) is 4.68 Å². The number of hydrogen-bond donors (Lipinski definition) is 1. The van der Waals surface area contributed by atoms with Crippen LogP contribution in [-0.2, 0) is 6.54 Å². The summed E-state index contributed by atoms with van der Waals surface area (Å²) in [4.78, 5) is 0. The Balaban J connectivity index is 1.95. The fourth-order valence-corrected chi connectivity index (χ4v) is 1.84. The Hall–Kier alpha value is -0.970. The van der Waals surface area contributed by atoms with Gasteiger partial charge in [0.2, 0.25) is 0 Å². The Bertz CT molecular complexity index is 305. The lowest BCUT2D eigenvalue weighted by molar-refractivity contribution is 0.408. The van der Waals surface area contributed by atoms with Crippen molar-refractivity contribution in [2.75, 3.05) is 6.54 Å². The van der Waals surface area contributed by atoms with Crippen molar-refractivity contribution in [3.63, 3.8) is 0 Å². The van der Waals surface area contributed by atoms with Gasteiger partial charge < -0.3 is 5.32 Å². The average molecular weight is 209 g/mol. The van der Waals surface area contributed by atoms with Crippen molar-refractivity contribution in [1.29, 1.82) is 0 Å². The maximum absolute atomic E-state index is 4.07. The average Bonchev–Trinajstić information content (AvgIpc) is 2.91. The van der Waals surface area contributed by atoms with Gasteiger partial charge in [0.25, 0.3) is 0 Å². The van der Waals surface area contributed by atoms with Crippen molar-refractivity contribution in [1.82, 2.24) is 25.5 Å². The van der Waals surface area contributed by atoms with Crippen molar-refractivity contribution >= 4 is 0 Å². The van der Waals surface area contributed by atoms with Crippen LogP contribution in [0.5, 0.6) is 0 Å². The minimum Gasteiger partial charge on any atom is -0.310 e. The van der Waals surface area contributed by atoms with Crippen molar-refractivity contribution in [2.45, 2.75) is 45.7 Å². The largest absolute Gasteiger partial charge is 0.310 e. The summed E-state index contributed by atoms with van der Waals surface area (Å²) in [6.07, 6.45) is 3.98. The SMILES string of the molecule is CCNCc1nnnn1C(C)CC1CC1. The third-order valence-corrected chi connectivity index (χ3v) is 2.88. The molecule has 1 fully saturated rings. The van der Waals surface area contributed by atoms with Crippen molar-refractivity contribution in [3.05, 3.63) is 5.82 Å². The lowest BCUT2D eigenvalue weighted by Crippen LogP contribution is -2.19. The van der Waals surface area contributed by atoms with E-state index in [0.717, 1.165) is 24.8 Å². The molecule has 0 aliphatic heterocycles. The minimum absolute atomic E-state index is 0.432. The highest BCUT2D eigenvalue weighted by Gasteiger charge is 2.25. The van der Waals surface area contributed by atoms with Gasteiger partial charge in [-0.05, 0) is 36.2 Å².